The lowest BCUT2D eigenvalue weighted by Gasteiger charge is -2.03. The smallest absolute Gasteiger partial charge is 0.181 e. The van der Waals surface area contributed by atoms with E-state index in [1.807, 2.05) is 0 Å². The van der Waals surface area contributed by atoms with Crippen LogP contribution in [-0.2, 0) is 0 Å². The van der Waals surface area contributed by atoms with Crippen molar-refractivity contribution < 1.29 is 9.13 Å². The molecule has 3 rings (SSSR count). The highest BCUT2D eigenvalue weighted by atomic mass is 19.1. The second kappa shape index (κ2) is 4.99. The van der Waals surface area contributed by atoms with E-state index in [1.165, 1.54) is 38.9 Å². The Morgan fingerprint density at radius 1 is 1.32 bits per heavy atom. The summed E-state index contributed by atoms with van der Waals surface area (Å²) in [5.41, 5.74) is 0.763. The molecule has 1 heterocycles. The third kappa shape index (κ3) is 2.32. The Kier molecular flexibility index (Phi) is 3.19. The SMILES string of the molecule is COc1cc(-c2n[nH]c(C3CCCC3)n2)ccc1F. The predicted octanol–water partition coefficient (Wildman–Crippen LogP) is 3.28. The summed E-state index contributed by atoms with van der Waals surface area (Å²) in [5, 5.41) is 7.22. The summed E-state index contributed by atoms with van der Waals surface area (Å²) in [7, 11) is 1.45. The molecular formula is C14H16FN3O. The first kappa shape index (κ1) is 12.1. The van der Waals surface area contributed by atoms with Crippen LogP contribution in [0.15, 0.2) is 18.2 Å². The fourth-order valence-corrected chi connectivity index (χ4v) is 2.58. The zero-order valence-corrected chi connectivity index (χ0v) is 10.8. The molecule has 1 aliphatic rings. The van der Waals surface area contributed by atoms with E-state index in [9.17, 15) is 4.39 Å². The molecule has 5 heteroatoms. The van der Waals surface area contributed by atoms with Gasteiger partial charge in [0.25, 0.3) is 0 Å². The van der Waals surface area contributed by atoms with Crippen LogP contribution >= 0.6 is 0 Å². The van der Waals surface area contributed by atoms with Crippen LogP contribution < -0.4 is 4.74 Å². The molecule has 0 amide bonds. The lowest BCUT2D eigenvalue weighted by Crippen LogP contribution is -1.94. The van der Waals surface area contributed by atoms with Crippen molar-refractivity contribution in [3.05, 3.63) is 29.8 Å². The molecule has 0 bridgehead atoms. The Labute approximate surface area is 111 Å². The summed E-state index contributed by atoms with van der Waals surface area (Å²) < 4.78 is 18.3. The highest BCUT2D eigenvalue weighted by Gasteiger charge is 2.21. The van der Waals surface area contributed by atoms with Crippen molar-refractivity contribution in [2.24, 2.45) is 0 Å². The fraction of sp³-hybridized carbons (Fsp3) is 0.429. The van der Waals surface area contributed by atoms with Gasteiger partial charge in [0.2, 0.25) is 0 Å². The average Bonchev–Trinajstić information content (AvgIpc) is 3.10. The Hall–Kier alpha value is -1.91. The molecule has 1 N–H and O–H groups in total. The summed E-state index contributed by atoms with van der Waals surface area (Å²) >= 11 is 0. The van der Waals surface area contributed by atoms with Crippen LogP contribution in [-0.4, -0.2) is 22.3 Å². The number of halogens is 1. The van der Waals surface area contributed by atoms with E-state index in [1.54, 1.807) is 12.1 Å². The molecule has 1 aromatic carbocycles. The quantitative estimate of drug-likeness (QED) is 0.922. The number of nitrogens with one attached hydrogen (secondary N) is 1. The van der Waals surface area contributed by atoms with Crippen molar-refractivity contribution in [3.63, 3.8) is 0 Å². The van der Waals surface area contributed by atoms with Crippen molar-refractivity contribution in [1.82, 2.24) is 15.2 Å². The lowest BCUT2D eigenvalue weighted by atomic mass is 10.1. The standard InChI is InChI=1S/C14H16FN3O/c1-19-12-8-10(6-7-11(12)15)14-16-13(17-18-14)9-4-2-3-5-9/h6-9H,2-5H2,1H3,(H,16,17,18). The number of ether oxygens (including phenoxy) is 1. The van der Waals surface area contributed by atoms with Gasteiger partial charge in [-0.15, -0.1) is 0 Å². The van der Waals surface area contributed by atoms with Crippen molar-refractivity contribution in [2.45, 2.75) is 31.6 Å². The van der Waals surface area contributed by atoms with Gasteiger partial charge in [0.1, 0.15) is 5.82 Å². The maximum absolute atomic E-state index is 13.4. The second-order valence-corrected chi connectivity index (χ2v) is 4.87. The number of nitrogens with zero attached hydrogens (tertiary/aromatic N) is 2. The molecule has 1 aliphatic carbocycles. The molecule has 1 fully saturated rings. The van der Waals surface area contributed by atoms with Crippen LogP contribution in [0.5, 0.6) is 5.75 Å². The van der Waals surface area contributed by atoms with E-state index in [0.29, 0.717) is 11.7 Å². The number of methoxy groups -OCH3 is 1. The van der Waals surface area contributed by atoms with Gasteiger partial charge in [-0.25, -0.2) is 9.37 Å². The largest absolute Gasteiger partial charge is 0.494 e. The van der Waals surface area contributed by atoms with Crippen LogP contribution in [0.2, 0.25) is 0 Å². The van der Waals surface area contributed by atoms with Gasteiger partial charge in [0.15, 0.2) is 17.4 Å². The third-order valence-electron chi connectivity index (χ3n) is 3.65. The number of aromatic nitrogens is 3. The van der Waals surface area contributed by atoms with Gasteiger partial charge in [0.05, 0.1) is 7.11 Å². The summed E-state index contributed by atoms with van der Waals surface area (Å²) in [6, 6.07) is 4.66. The molecule has 4 nitrogen and oxygen atoms in total. The van der Waals surface area contributed by atoms with Crippen LogP contribution in [0.3, 0.4) is 0 Å². The summed E-state index contributed by atoms with van der Waals surface area (Å²) in [6.07, 6.45) is 4.85. The summed E-state index contributed by atoms with van der Waals surface area (Å²) in [6.45, 7) is 0. The summed E-state index contributed by atoms with van der Waals surface area (Å²) in [5.74, 6) is 1.86. The van der Waals surface area contributed by atoms with E-state index in [4.69, 9.17) is 4.74 Å². The van der Waals surface area contributed by atoms with Crippen LogP contribution in [0, 0.1) is 5.82 Å². The molecule has 0 atom stereocenters. The molecule has 0 aliphatic heterocycles. The number of hydrogen-bond acceptors (Lipinski definition) is 3. The van der Waals surface area contributed by atoms with Crippen molar-refractivity contribution in [2.75, 3.05) is 7.11 Å². The zero-order chi connectivity index (χ0) is 13.2. The fourth-order valence-electron chi connectivity index (χ4n) is 2.58. The highest BCUT2D eigenvalue weighted by molar-refractivity contribution is 5.57. The van der Waals surface area contributed by atoms with Crippen LogP contribution in [0.25, 0.3) is 11.4 Å². The van der Waals surface area contributed by atoms with Gasteiger partial charge in [0, 0.05) is 11.5 Å². The molecule has 0 saturated heterocycles. The average molecular weight is 261 g/mol. The van der Waals surface area contributed by atoms with Crippen molar-refractivity contribution in [1.29, 1.82) is 0 Å². The van der Waals surface area contributed by atoms with Gasteiger partial charge in [-0.3, -0.25) is 5.10 Å². The minimum absolute atomic E-state index is 0.213. The number of hydrogen-bond donors (Lipinski definition) is 1. The second-order valence-electron chi connectivity index (χ2n) is 4.87. The van der Waals surface area contributed by atoms with E-state index < -0.39 is 0 Å². The van der Waals surface area contributed by atoms with E-state index >= 15 is 0 Å². The molecule has 2 aromatic rings. The topological polar surface area (TPSA) is 50.8 Å². The summed E-state index contributed by atoms with van der Waals surface area (Å²) in [4.78, 5) is 4.52. The Morgan fingerprint density at radius 2 is 2.11 bits per heavy atom. The molecule has 0 radical (unpaired) electrons. The normalized spacial score (nSPS) is 15.9. The molecule has 1 aromatic heterocycles. The molecular weight excluding hydrogens is 245 g/mol. The van der Waals surface area contributed by atoms with Gasteiger partial charge in [-0.2, -0.15) is 5.10 Å². The Morgan fingerprint density at radius 3 is 2.84 bits per heavy atom. The van der Waals surface area contributed by atoms with Crippen LogP contribution in [0.4, 0.5) is 4.39 Å². The lowest BCUT2D eigenvalue weighted by molar-refractivity contribution is 0.387. The van der Waals surface area contributed by atoms with Gasteiger partial charge < -0.3 is 4.74 Å². The number of benzene rings is 1. The number of aromatic amines is 1. The van der Waals surface area contributed by atoms with E-state index in [2.05, 4.69) is 15.2 Å². The van der Waals surface area contributed by atoms with Gasteiger partial charge >= 0.3 is 0 Å². The molecule has 0 spiro atoms. The maximum Gasteiger partial charge on any atom is 0.181 e. The zero-order valence-electron chi connectivity index (χ0n) is 10.8. The third-order valence-corrected chi connectivity index (χ3v) is 3.65. The molecule has 100 valence electrons. The minimum Gasteiger partial charge on any atom is -0.494 e. The predicted molar refractivity (Wildman–Crippen MR) is 69.5 cm³/mol. The molecule has 1 saturated carbocycles. The van der Waals surface area contributed by atoms with Gasteiger partial charge in [-0.05, 0) is 31.0 Å². The first-order valence-electron chi connectivity index (χ1n) is 6.54. The van der Waals surface area contributed by atoms with Gasteiger partial charge in [-0.1, -0.05) is 12.8 Å². The van der Waals surface area contributed by atoms with Crippen molar-refractivity contribution >= 4 is 0 Å². The molecule has 19 heavy (non-hydrogen) atoms. The monoisotopic (exact) mass is 261 g/mol. The van der Waals surface area contributed by atoms with E-state index in [0.717, 1.165) is 11.4 Å². The first-order chi connectivity index (χ1) is 9.28. The Balaban J connectivity index is 1.89. The van der Waals surface area contributed by atoms with Crippen molar-refractivity contribution in [3.8, 4) is 17.1 Å². The van der Waals surface area contributed by atoms with E-state index in [-0.39, 0.29) is 11.6 Å². The number of rotatable bonds is 3. The van der Waals surface area contributed by atoms with Crippen LogP contribution in [0.1, 0.15) is 37.4 Å². The minimum atomic E-state index is -0.377. The highest BCUT2D eigenvalue weighted by Crippen LogP contribution is 2.33. The molecule has 0 unspecified atom stereocenters. The maximum atomic E-state index is 13.4. The number of H-pyrrole nitrogens is 1. The first-order valence-corrected chi connectivity index (χ1v) is 6.54. The Bertz CT molecular complexity index is 576.